The molecule has 62 heavy (non-hydrogen) atoms. The van der Waals surface area contributed by atoms with E-state index in [1.54, 1.807) is 44.6 Å². The summed E-state index contributed by atoms with van der Waals surface area (Å²) >= 11 is 6.27. The second-order valence-corrected chi connectivity index (χ2v) is 15.0. The van der Waals surface area contributed by atoms with Crippen molar-refractivity contribution in [2.24, 2.45) is 0 Å². The van der Waals surface area contributed by atoms with E-state index in [2.05, 4.69) is 30.1 Å². The molecule has 0 saturated carbocycles. The summed E-state index contributed by atoms with van der Waals surface area (Å²) in [5.74, 6) is -1.19. The number of aromatic nitrogens is 4. The van der Waals surface area contributed by atoms with Crippen LogP contribution in [0.15, 0.2) is 79.3 Å². The van der Waals surface area contributed by atoms with Crippen LogP contribution in [0.3, 0.4) is 0 Å². The first kappa shape index (κ1) is 42.4. The number of halogens is 5. The largest absolute Gasteiger partial charge is 0.481 e. The first-order chi connectivity index (χ1) is 30.1. The predicted molar refractivity (Wildman–Crippen MR) is 233 cm³/mol. The lowest BCUT2D eigenvalue weighted by Gasteiger charge is -2.32. The predicted octanol–water partition coefficient (Wildman–Crippen LogP) is 9.85. The van der Waals surface area contributed by atoms with E-state index >= 15 is 4.39 Å². The molecular formula is C46H42ClF4N7O4. The van der Waals surface area contributed by atoms with Crippen molar-refractivity contribution in [3.8, 4) is 34.1 Å². The maximum absolute atomic E-state index is 15.5. The molecule has 2 aliphatic heterocycles. The molecule has 0 bridgehead atoms. The zero-order valence-corrected chi connectivity index (χ0v) is 35.1. The molecule has 16 heteroatoms. The monoisotopic (exact) mass is 867 g/mol. The van der Waals surface area contributed by atoms with Crippen LogP contribution in [0.25, 0.3) is 44.1 Å². The van der Waals surface area contributed by atoms with Crippen LogP contribution in [0.2, 0.25) is 5.02 Å². The number of benzene rings is 3. The highest BCUT2D eigenvalue weighted by atomic mass is 35.5. The van der Waals surface area contributed by atoms with E-state index in [-0.39, 0.29) is 15.9 Å². The number of hydrogen-bond acceptors (Lipinski definition) is 11. The Hall–Kier alpha value is -6.29. The van der Waals surface area contributed by atoms with Crippen LogP contribution in [0.1, 0.15) is 11.1 Å². The molecule has 320 valence electrons. The molecule has 9 rings (SSSR count). The highest BCUT2D eigenvalue weighted by Crippen LogP contribution is 2.43. The Morgan fingerprint density at radius 3 is 1.94 bits per heavy atom. The van der Waals surface area contributed by atoms with Gasteiger partial charge in [0, 0.05) is 67.7 Å². The number of methoxy groups -OCH3 is 2. The van der Waals surface area contributed by atoms with Gasteiger partial charge in [-0.25, -0.2) is 37.5 Å². The molecule has 0 radical (unpaired) electrons. The van der Waals surface area contributed by atoms with Gasteiger partial charge in [-0.2, -0.15) is 0 Å². The Bertz CT molecular complexity index is 2790. The van der Waals surface area contributed by atoms with Crippen molar-refractivity contribution in [1.82, 2.24) is 19.9 Å². The highest BCUT2D eigenvalue weighted by molar-refractivity contribution is 6.36. The van der Waals surface area contributed by atoms with Gasteiger partial charge >= 0.3 is 0 Å². The van der Waals surface area contributed by atoms with Gasteiger partial charge in [0.15, 0.2) is 5.82 Å². The van der Waals surface area contributed by atoms with Crippen LogP contribution < -0.4 is 24.6 Å². The first-order valence-electron chi connectivity index (χ1n) is 19.8. The molecule has 0 aliphatic carbocycles. The number of fused-ring (bicyclic) bond motifs is 2. The van der Waals surface area contributed by atoms with Gasteiger partial charge in [-0.05, 0) is 78.4 Å². The fourth-order valence-corrected chi connectivity index (χ4v) is 8.08. The van der Waals surface area contributed by atoms with E-state index in [4.69, 9.17) is 35.5 Å². The fourth-order valence-electron chi connectivity index (χ4n) is 7.80. The second-order valence-electron chi connectivity index (χ2n) is 14.6. The molecular weight excluding hydrogens is 826 g/mol. The van der Waals surface area contributed by atoms with Crippen LogP contribution in [-0.4, -0.2) is 86.8 Å². The summed E-state index contributed by atoms with van der Waals surface area (Å²) in [7, 11) is 3.04. The van der Waals surface area contributed by atoms with E-state index in [0.29, 0.717) is 84.6 Å². The third-order valence-electron chi connectivity index (χ3n) is 10.9. The van der Waals surface area contributed by atoms with Gasteiger partial charge in [0.1, 0.15) is 23.3 Å². The summed E-state index contributed by atoms with van der Waals surface area (Å²) in [4.78, 5) is 22.1. The molecule has 2 saturated heterocycles. The maximum atomic E-state index is 15.5. The minimum absolute atomic E-state index is 0.104. The van der Waals surface area contributed by atoms with E-state index in [9.17, 15) is 13.2 Å². The van der Waals surface area contributed by atoms with Gasteiger partial charge in [-0.15, -0.1) is 0 Å². The number of pyridine rings is 4. The average Bonchev–Trinajstić information content (AvgIpc) is 3.28. The number of hydrogen-bond donors (Lipinski definition) is 1. The van der Waals surface area contributed by atoms with Crippen LogP contribution in [0, 0.1) is 37.1 Å². The van der Waals surface area contributed by atoms with E-state index < -0.39 is 23.3 Å². The van der Waals surface area contributed by atoms with Crippen molar-refractivity contribution in [3.05, 3.63) is 119 Å². The Kier molecular flexibility index (Phi) is 12.6. The van der Waals surface area contributed by atoms with E-state index in [0.717, 1.165) is 65.2 Å². The normalized spacial score (nSPS) is 14.1. The lowest BCUT2D eigenvalue weighted by atomic mass is 9.94. The molecule has 0 spiro atoms. The summed E-state index contributed by atoms with van der Waals surface area (Å²) in [6.45, 7) is 8.99. The van der Waals surface area contributed by atoms with E-state index in [1.165, 1.54) is 13.2 Å². The third-order valence-corrected chi connectivity index (χ3v) is 11.3. The van der Waals surface area contributed by atoms with Gasteiger partial charge in [-0.1, -0.05) is 11.6 Å². The Morgan fingerprint density at radius 2 is 1.27 bits per heavy atom. The smallest absolute Gasteiger partial charge is 0.222 e. The molecule has 6 heterocycles. The number of rotatable bonds is 8. The standard InChI is InChI=1S/C30H31F2N5O3.C16H11ClF2N2O/c1-19-24(23-4-3-5-33-30(23)38-2)15-20-14-21(31)16-25(32)27(20)28(19)35-26-17-22(36-6-10-39-11-7-36)18-34-29(26)37-8-12-40-13-9-37;1-8-14(17)13-11(19)6-9(18)7-12(13)21-15(8)10-4-3-5-20-16(10)22-2/h3-5,14-18,35H,6-13H2,1-2H3;3-7H,1-2H3. The summed E-state index contributed by atoms with van der Waals surface area (Å²) in [5, 5.41) is 4.57. The van der Waals surface area contributed by atoms with Crippen LogP contribution in [0.4, 0.5) is 40.4 Å². The zero-order chi connectivity index (χ0) is 43.5. The summed E-state index contributed by atoms with van der Waals surface area (Å²) in [6.07, 6.45) is 5.10. The number of nitrogens with zero attached hydrogens (tertiary/aromatic N) is 6. The van der Waals surface area contributed by atoms with Gasteiger partial charge in [0.2, 0.25) is 11.8 Å². The van der Waals surface area contributed by atoms with Crippen molar-refractivity contribution in [2.45, 2.75) is 13.8 Å². The number of anilines is 4. The molecule has 3 aromatic carbocycles. The number of ether oxygens (including phenoxy) is 4. The molecule has 4 aromatic heterocycles. The average molecular weight is 868 g/mol. The minimum Gasteiger partial charge on any atom is -0.481 e. The number of nitrogens with one attached hydrogen (secondary N) is 1. The van der Waals surface area contributed by atoms with Crippen molar-refractivity contribution in [3.63, 3.8) is 0 Å². The van der Waals surface area contributed by atoms with Crippen LogP contribution in [-0.2, 0) is 9.47 Å². The van der Waals surface area contributed by atoms with E-state index in [1.807, 2.05) is 31.3 Å². The lowest BCUT2D eigenvalue weighted by Crippen LogP contribution is -2.38. The van der Waals surface area contributed by atoms with Gasteiger partial charge in [0.25, 0.3) is 0 Å². The van der Waals surface area contributed by atoms with Gasteiger partial charge < -0.3 is 34.1 Å². The molecule has 2 aliphatic rings. The highest BCUT2D eigenvalue weighted by Gasteiger charge is 2.24. The SMILES string of the molecule is COc1ncccc1-c1cc2cc(F)cc(F)c2c(Nc2cc(N3CCOCC3)cnc2N2CCOCC2)c1C.COc1ncccc1-c1nc2cc(F)cc(F)c2c(Cl)c1C. The minimum atomic E-state index is -0.736. The Morgan fingerprint density at radius 1 is 0.677 bits per heavy atom. The van der Waals surface area contributed by atoms with Gasteiger partial charge in [0.05, 0.1) is 91.1 Å². The Labute approximate surface area is 360 Å². The molecule has 7 aromatic rings. The van der Waals surface area contributed by atoms with Crippen molar-refractivity contribution < 1.29 is 36.5 Å². The molecule has 11 nitrogen and oxygen atoms in total. The molecule has 1 N–H and O–H groups in total. The first-order valence-corrected chi connectivity index (χ1v) is 20.2. The second kappa shape index (κ2) is 18.4. The quantitative estimate of drug-likeness (QED) is 0.148. The number of morpholine rings is 2. The summed E-state index contributed by atoms with van der Waals surface area (Å²) in [6, 6.07) is 15.2. The molecule has 0 unspecified atom stereocenters. The lowest BCUT2D eigenvalue weighted by molar-refractivity contribution is 0.122. The van der Waals surface area contributed by atoms with Gasteiger partial charge in [-0.3, -0.25) is 0 Å². The molecule has 0 atom stereocenters. The van der Waals surface area contributed by atoms with Crippen molar-refractivity contribution >= 4 is 56.2 Å². The molecule has 2 fully saturated rings. The van der Waals surface area contributed by atoms with Crippen molar-refractivity contribution in [2.75, 3.05) is 81.9 Å². The van der Waals surface area contributed by atoms with Crippen molar-refractivity contribution in [1.29, 1.82) is 0 Å². The summed E-state index contributed by atoms with van der Waals surface area (Å²) < 4.78 is 79.2. The van der Waals surface area contributed by atoms with Crippen LogP contribution >= 0.6 is 11.6 Å². The maximum Gasteiger partial charge on any atom is 0.222 e. The summed E-state index contributed by atoms with van der Waals surface area (Å²) in [5.41, 5.74) is 6.28. The topological polar surface area (TPSA) is 107 Å². The Balaban J connectivity index is 0.000000203. The fraction of sp³-hybridized carbons (Fsp3) is 0.261. The van der Waals surface area contributed by atoms with Crippen LogP contribution in [0.5, 0.6) is 11.8 Å². The third kappa shape index (κ3) is 8.47. The molecule has 0 amide bonds. The zero-order valence-electron chi connectivity index (χ0n) is 34.4.